The van der Waals surface area contributed by atoms with Crippen LogP contribution in [0.5, 0.6) is 0 Å². The summed E-state index contributed by atoms with van der Waals surface area (Å²) >= 11 is 2.34. The quantitative estimate of drug-likeness (QED) is 0.572. The number of aliphatic hydroxyl groups is 1. The molecular formula is C21H28INO. The highest BCUT2D eigenvalue weighted by Crippen LogP contribution is 2.14. The zero-order valence-corrected chi connectivity index (χ0v) is 16.8. The van der Waals surface area contributed by atoms with E-state index in [0.717, 1.165) is 25.8 Å². The summed E-state index contributed by atoms with van der Waals surface area (Å²) in [5, 5.41) is 13.3. The Hall–Kier alpha value is -0.910. The van der Waals surface area contributed by atoms with Gasteiger partial charge in [0.1, 0.15) is 0 Å². The van der Waals surface area contributed by atoms with Crippen LogP contribution in [0.15, 0.2) is 48.5 Å². The highest BCUT2D eigenvalue weighted by molar-refractivity contribution is 14.1. The predicted molar refractivity (Wildman–Crippen MR) is 110 cm³/mol. The lowest BCUT2D eigenvalue weighted by Crippen LogP contribution is -2.33. The third-order valence-electron chi connectivity index (χ3n) is 4.56. The van der Waals surface area contributed by atoms with E-state index in [1.54, 1.807) is 0 Å². The van der Waals surface area contributed by atoms with Gasteiger partial charge in [0.2, 0.25) is 0 Å². The Bertz CT molecular complexity index is 611. The van der Waals surface area contributed by atoms with Gasteiger partial charge in [-0.2, -0.15) is 0 Å². The lowest BCUT2D eigenvalue weighted by molar-refractivity contribution is 0.218. The Morgan fingerprint density at radius 2 is 1.79 bits per heavy atom. The molecule has 0 saturated carbocycles. The van der Waals surface area contributed by atoms with Crippen molar-refractivity contribution in [2.24, 2.45) is 5.92 Å². The normalized spacial score (nSPS) is 13.7. The van der Waals surface area contributed by atoms with Crippen molar-refractivity contribution in [1.29, 1.82) is 0 Å². The highest BCUT2D eigenvalue weighted by atomic mass is 127. The van der Waals surface area contributed by atoms with Crippen LogP contribution in [-0.2, 0) is 12.8 Å². The molecule has 0 heterocycles. The molecule has 0 aliphatic rings. The number of hydrogen-bond acceptors (Lipinski definition) is 2. The van der Waals surface area contributed by atoms with Gasteiger partial charge in [-0.3, -0.25) is 0 Å². The van der Waals surface area contributed by atoms with Crippen molar-refractivity contribution in [1.82, 2.24) is 5.32 Å². The molecule has 0 aliphatic heterocycles. The monoisotopic (exact) mass is 437 g/mol. The van der Waals surface area contributed by atoms with Gasteiger partial charge in [0.05, 0.1) is 0 Å². The van der Waals surface area contributed by atoms with Crippen LogP contribution in [0.3, 0.4) is 0 Å². The van der Waals surface area contributed by atoms with Gasteiger partial charge >= 0.3 is 0 Å². The minimum atomic E-state index is 0.227. The van der Waals surface area contributed by atoms with Crippen molar-refractivity contribution >= 4 is 22.6 Å². The van der Waals surface area contributed by atoms with Crippen molar-refractivity contribution in [2.45, 2.75) is 39.2 Å². The number of aliphatic hydroxyl groups excluding tert-OH is 1. The molecule has 0 fully saturated rings. The Morgan fingerprint density at radius 1 is 1.08 bits per heavy atom. The summed E-state index contributed by atoms with van der Waals surface area (Å²) in [6, 6.07) is 17.7. The van der Waals surface area contributed by atoms with E-state index in [2.05, 4.69) is 90.3 Å². The van der Waals surface area contributed by atoms with E-state index in [1.165, 1.54) is 20.3 Å². The van der Waals surface area contributed by atoms with E-state index in [0.29, 0.717) is 6.04 Å². The fraction of sp³-hybridized carbons (Fsp3) is 0.429. The molecule has 2 atom stereocenters. The molecule has 0 aromatic heterocycles. The highest BCUT2D eigenvalue weighted by Gasteiger charge is 2.12. The van der Waals surface area contributed by atoms with E-state index >= 15 is 0 Å². The SMILES string of the molecule is Cc1ccccc1CC(CO)CNC(C)CCc1ccc(I)cc1. The van der Waals surface area contributed by atoms with Crippen LogP contribution in [0.4, 0.5) is 0 Å². The third kappa shape index (κ3) is 6.54. The number of benzene rings is 2. The van der Waals surface area contributed by atoms with Crippen LogP contribution in [-0.4, -0.2) is 24.3 Å². The maximum Gasteiger partial charge on any atom is 0.0474 e. The zero-order valence-electron chi connectivity index (χ0n) is 14.6. The number of halogens is 1. The van der Waals surface area contributed by atoms with Gasteiger partial charge in [-0.15, -0.1) is 0 Å². The molecule has 24 heavy (non-hydrogen) atoms. The predicted octanol–water partition coefficient (Wildman–Crippen LogP) is 4.36. The van der Waals surface area contributed by atoms with Gasteiger partial charge in [-0.25, -0.2) is 0 Å². The van der Waals surface area contributed by atoms with Gasteiger partial charge in [0.25, 0.3) is 0 Å². The lowest BCUT2D eigenvalue weighted by Gasteiger charge is -2.20. The summed E-state index contributed by atoms with van der Waals surface area (Å²) in [5.74, 6) is 0.270. The van der Waals surface area contributed by atoms with Gasteiger partial charge in [-0.1, -0.05) is 36.4 Å². The Kier molecular flexibility index (Phi) is 8.22. The van der Waals surface area contributed by atoms with E-state index < -0.39 is 0 Å². The van der Waals surface area contributed by atoms with Crippen molar-refractivity contribution in [3.63, 3.8) is 0 Å². The first-order valence-corrected chi connectivity index (χ1v) is 9.79. The van der Waals surface area contributed by atoms with Crippen molar-refractivity contribution in [3.8, 4) is 0 Å². The smallest absolute Gasteiger partial charge is 0.0474 e. The van der Waals surface area contributed by atoms with E-state index in [9.17, 15) is 5.11 Å². The van der Waals surface area contributed by atoms with Crippen LogP contribution in [0, 0.1) is 16.4 Å². The third-order valence-corrected chi connectivity index (χ3v) is 5.28. The molecule has 0 radical (unpaired) electrons. The van der Waals surface area contributed by atoms with E-state index in [-0.39, 0.29) is 12.5 Å². The topological polar surface area (TPSA) is 32.3 Å². The molecule has 2 rings (SSSR count). The number of rotatable bonds is 9. The van der Waals surface area contributed by atoms with Crippen molar-refractivity contribution in [3.05, 3.63) is 68.8 Å². The summed E-state index contributed by atoms with van der Waals surface area (Å²) in [7, 11) is 0. The van der Waals surface area contributed by atoms with Crippen molar-refractivity contribution in [2.75, 3.05) is 13.2 Å². The second-order valence-electron chi connectivity index (χ2n) is 6.65. The fourth-order valence-corrected chi connectivity index (χ4v) is 3.22. The van der Waals surface area contributed by atoms with Gasteiger partial charge < -0.3 is 10.4 Å². The minimum Gasteiger partial charge on any atom is -0.396 e. The van der Waals surface area contributed by atoms with Crippen LogP contribution in [0.1, 0.15) is 30.0 Å². The Morgan fingerprint density at radius 3 is 2.46 bits per heavy atom. The van der Waals surface area contributed by atoms with E-state index in [1.807, 2.05) is 0 Å². The molecule has 0 saturated heterocycles. The maximum atomic E-state index is 9.68. The largest absolute Gasteiger partial charge is 0.396 e. The van der Waals surface area contributed by atoms with Gasteiger partial charge in [0.15, 0.2) is 0 Å². The first kappa shape index (κ1) is 19.4. The molecule has 2 aromatic carbocycles. The summed E-state index contributed by atoms with van der Waals surface area (Å²) in [6.45, 7) is 5.46. The second-order valence-corrected chi connectivity index (χ2v) is 7.90. The summed E-state index contributed by atoms with van der Waals surface area (Å²) in [4.78, 5) is 0. The first-order valence-electron chi connectivity index (χ1n) is 8.71. The summed E-state index contributed by atoms with van der Waals surface area (Å²) < 4.78 is 1.28. The average molecular weight is 437 g/mol. The average Bonchev–Trinajstić information content (AvgIpc) is 2.59. The molecule has 0 spiro atoms. The molecule has 2 N–H and O–H groups in total. The summed E-state index contributed by atoms with van der Waals surface area (Å²) in [5.41, 5.74) is 4.04. The molecule has 0 amide bonds. The lowest BCUT2D eigenvalue weighted by atomic mass is 9.96. The Labute approximate surface area is 159 Å². The fourth-order valence-electron chi connectivity index (χ4n) is 2.86. The Balaban J connectivity index is 1.75. The molecule has 2 nitrogen and oxygen atoms in total. The van der Waals surface area contributed by atoms with Crippen LogP contribution >= 0.6 is 22.6 Å². The molecular weight excluding hydrogens is 409 g/mol. The number of nitrogens with one attached hydrogen (secondary N) is 1. The molecule has 3 heteroatoms. The molecule has 2 aromatic rings. The number of hydrogen-bond donors (Lipinski definition) is 2. The van der Waals surface area contributed by atoms with E-state index in [4.69, 9.17) is 0 Å². The second kappa shape index (κ2) is 10.2. The first-order chi connectivity index (χ1) is 11.6. The maximum absolute atomic E-state index is 9.68. The van der Waals surface area contributed by atoms with Gasteiger partial charge in [-0.05, 0) is 90.4 Å². The van der Waals surface area contributed by atoms with Crippen LogP contribution in [0.25, 0.3) is 0 Å². The standard InChI is InChI=1S/C21H28INO/c1-16-5-3-4-6-20(16)13-19(15-24)14-23-17(2)7-8-18-9-11-21(22)12-10-18/h3-6,9-12,17,19,23-24H,7-8,13-15H2,1-2H3. The van der Waals surface area contributed by atoms with Crippen molar-refractivity contribution < 1.29 is 5.11 Å². The van der Waals surface area contributed by atoms with Crippen LogP contribution < -0.4 is 5.32 Å². The summed E-state index contributed by atoms with van der Waals surface area (Å²) in [6.07, 6.45) is 3.13. The molecule has 0 aliphatic carbocycles. The molecule has 130 valence electrons. The van der Waals surface area contributed by atoms with Gasteiger partial charge in [0, 0.05) is 22.8 Å². The molecule has 0 bridgehead atoms. The van der Waals surface area contributed by atoms with Crippen LogP contribution in [0.2, 0.25) is 0 Å². The minimum absolute atomic E-state index is 0.227. The molecule has 2 unspecified atom stereocenters. The number of aryl methyl sites for hydroxylation is 2. The zero-order chi connectivity index (χ0) is 17.4.